The number of aliphatic hydroxyl groups excluding tert-OH is 1. The number of amides is 1. The van der Waals surface area contributed by atoms with E-state index in [2.05, 4.69) is 5.32 Å². The molecule has 1 amide bonds. The number of rotatable bonds is 4. The topological polar surface area (TPSA) is 78.8 Å². The van der Waals surface area contributed by atoms with Crippen molar-refractivity contribution >= 4 is 5.91 Å². The number of carbonyl (C=O) groups is 1. The summed E-state index contributed by atoms with van der Waals surface area (Å²) < 4.78 is 5.04. The van der Waals surface area contributed by atoms with E-state index in [1.165, 1.54) is 19.2 Å². The van der Waals surface area contributed by atoms with Gasteiger partial charge in [0.2, 0.25) is 0 Å². The first-order valence-electron chi connectivity index (χ1n) is 6.41. The molecule has 1 aliphatic carbocycles. The maximum Gasteiger partial charge on any atom is 0.255 e. The number of aromatic hydroxyl groups is 1. The van der Waals surface area contributed by atoms with Crippen molar-refractivity contribution in [2.45, 2.75) is 31.2 Å². The van der Waals surface area contributed by atoms with Gasteiger partial charge in [0.05, 0.1) is 24.8 Å². The normalized spacial score (nSPS) is 17.2. The van der Waals surface area contributed by atoms with Crippen molar-refractivity contribution in [3.8, 4) is 11.5 Å². The Hall–Kier alpha value is -1.75. The summed E-state index contributed by atoms with van der Waals surface area (Å²) in [5.41, 5.74) is -0.383. The van der Waals surface area contributed by atoms with Gasteiger partial charge in [0.15, 0.2) is 0 Å². The highest BCUT2D eigenvalue weighted by Crippen LogP contribution is 2.30. The number of benzene rings is 1. The number of aliphatic hydroxyl groups is 1. The number of methoxy groups -OCH3 is 1. The van der Waals surface area contributed by atoms with E-state index >= 15 is 0 Å². The molecule has 0 radical (unpaired) electrons. The molecule has 0 atom stereocenters. The lowest BCUT2D eigenvalue weighted by molar-refractivity contribution is 0.0835. The molecule has 3 N–H and O–H groups in total. The third-order valence-electron chi connectivity index (χ3n) is 3.69. The molecule has 1 aliphatic rings. The summed E-state index contributed by atoms with van der Waals surface area (Å²) >= 11 is 0. The predicted molar refractivity (Wildman–Crippen MR) is 70.4 cm³/mol. The Kier molecular flexibility index (Phi) is 3.95. The zero-order valence-electron chi connectivity index (χ0n) is 11.0. The molecule has 0 unspecified atom stereocenters. The predicted octanol–water partition coefficient (Wildman–Crippen LogP) is 1.44. The zero-order valence-corrected chi connectivity index (χ0v) is 11.0. The van der Waals surface area contributed by atoms with Gasteiger partial charge < -0.3 is 20.3 Å². The minimum absolute atomic E-state index is 0.0799. The van der Waals surface area contributed by atoms with E-state index < -0.39 is 5.54 Å². The van der Waals surface area contributed by atoms with Gasteiger partial charge in [-0.05, 0) is 31.0 Å². The van der Waals surface area contributed by atoms with Crippen LogP contribution in [0.2, 0.25) is 0 Å². The summed E-state index contributed by atoms with van der Waals surface area (Å²) in [6.07, 6.45) is 3.51. The fourth-order valence-electron chi connectivity index (χ4n) is 2.51. The van der Waals surface area contributed by atoms with Gasteiger partial charge in [-0.2, -0.15) is 0 Å². The third-order valence-corrected chi connectivity index (χ3v) is 3.69. The SMILES string of the molecule is COc1ccc(O)c(C(=O)NC2(CO)CCCC2)c1. The molecule has 1 saturated carbocycles. The summed E-state index contributed by atoms with van der Waals surface area (Å²) in [4.78, 5) is 12.2. The molecule has 2 rings (SSSR count). The summed E-state index contributed by atoms with van der Waals surface area (Å²) in [6, 6.07) is 4.50. The van der Waals surface area contributed by atoms with Crippen molar-refractivity contribution in [2.75, 3.05) is 13.7 Å². The Morgan fingerprint density at radius 2 is 2.11 bits per heavy atom. The van der Waals surface area contributed by atoms with Crippen LogP contribution in [0.25, 0.3) is 0 Å². The molecular weight excluding hydrogens is 246 g/mol. The minimum Gasteiger partial charge on any atom is -0.507 e. The first-order chi connectivity index (χ1) is 9.10. The first-order valence-corrected chi connectivity index (χ1v) is 6.41. The van der Waals surface area contributed by atoms with E-state index in [1.54, 1.807) is 6.07 Å². The van der Waals surface area contributed by atoms with E-state index in [-0.39, 0.29) is 23.8 Å². The smallest absolute Gasteiger partial charge is 0.255 e. The lowest BCUT2D eigenvalue weighted by atomic mass is 9.98. The molecule has 19 heavy (non-hydrogen) atoms. The number of carbonyl (C=O) groups excluding carboxylic acids is 1. The monoisotopic (exact) mass is 265 g/mol. The van der Waals surface area contributed by atoms with Gasteiger partial charge in [0, 0.05) is 0 Å². The van der Waals surface area contributed by atoms with E-state index in [9.17, 15) is 15.0 Å². The lowest BCUT2D eigenvalue weighted by Crippen LogP contribution is -2.49. The number of hydrogen-bond donors (Lipinski definition) is 3. The van der Waals surface area contributed by atoms with Gasteiger partial charge >= 0.3 is 0 Å². The minimum atomic E-state index is -0.549. The molecule has 0 heterocycles. The van der Waals surface area contributed by atoms with Gasteiger partial charge in [-0.3, -0.25) is 4.79 Å². The second-order valence-corrected chi connectivity index (χ2v) is 4.98. The molecule has 1 fully saturated rings. The van der Waals surface area contributed by atoms with Gasteiger partial charge in [-0.15, -0.1) is 0 Å². The van der Waals surface area contributed by atoms with E-state index in [4.69, 9.17) is 4.74 Å². The van der Waals surface area contributed by atoms with Crippen molar-refractivity contribution in [3.05, 3.63) is 23.8 Å². The third kappa shape index (κ3) is 2.81. The quantitative estimate of drug-likeness (QED) is 0.769. The molecular formula is C14H19NO4. The molecule has 5 nitrogen and oxygen atoms in total. The molecule has 0 spiro atoms. The average Bonchev–Trinajstić information content (AvgIpc) is 2.88. The van der Waals surface area contributed by atoms with Crippen molar-refractivity contribution in [3.63, 3.8) is 0 Å². The Bertz CT molecular complexity index is 467. The summed E-state index contributed by atoms with van der Waals surface area (Å²) in [5, 5.41) is 22.1. The second-order valence-electron chi connectivity index (χ2n) is 4.98. The number of phenolic OH excluding ortho intramolecular Hbond substituents is 1. The molecule has 104 valence electrons. The fraction of sp³-hybridized carbons (Fsp3) is 0.500. The maximum absolute atomic E-state index is 12.2. The standard InChI is InChI=1S/C14H19NO4/c1-19-10-4-5-12(17)11(8-10)13(18)15-14(9-16)6-2-3-7-14/h4-5,8,16-17H,2-3,6-7,9H2,1H3,(H,15,18). The average molecular weight is 265 g/mol. The van der Waals surface area contributed by atoms with Crippen molar-refractivity contribution in [1.29, 1.82) is 0 Å². The van der Waals surface area contributed by atoms with E-state index in [0.717, 1.165) is 25.7 Å². The molecule has 0 bridgehead atoms. The number of ether oxygens (including phenoxy) is 1. The molecule has 5 heteroatoms. The van der Waals surface area contributed by atoms with Crippen LogP contribution >= 0.6 is 0 Å². The van der Waals surface area contributed by atoms with Crippen LogP contribution in [0, 0.1) is 0 Å². The van der Waals surface area contributed by atoms with Crippen LogP contribution in [-0.4, -0.2) is 35.4 Å². The number of nitrogens with one attached hydrogen (secondary N) is 1. The summed E-state index contributed by atoms with van der Waals surface area (Å²) in [5.74, 6) is 0.0316. The van der Waals surface area contributed by atoms with Gasteiger partial charge in [0.1, 0.15) is 11.5 Å². The Balaban J connectivity index is 2.19. The van der Waals surface area contributed by atoms with Crippen LogP contribution < -0.4 is 10.1 Å². The first kappa shape index (κ1) is 13.7. The van der Waals surface area contributed by atoms with Crippen LogP contribution in [-0.2, 0) is 0 Å². The van der Waals surface area contributed by atoms with Crippen LogP contribution in [0.3, 0.4) is 0 Å². The van der Waals surface area contributed by atoms with Crippen molar-refractivity contribution in [2.24, 2.45) is 0 Å². The van der Waals surface area contributed by atoms with Crippen LogP contribution in [0.1, 0.15) is 36.0 Å². The lowest BCUT2D eigenvalue weighted by Gasteiger charge is -2.28. The number of phenols is 1. The highest BCUT2D eigenvalue weighted by molar-refractivity contribution is 5.97. The number of hydrogen-bond acceptors (Lipinski definition) is 4. The Morgan fingerprint density at radius 3 is 2.68 bits per heavy atom. The molecule has 0 saturated heterocycles. The van der Waals surface area contributed by atoms with E-state index in [1.807, 2.05) is 0 Å². The molecule has 1 aromatic carbocycles. The highest BCUT2D eigenvalue weighted by atomic mass is 16.5. The van der Waals surface area contributed by atoms with Gasteiger partial charge in [-0.1, -0.05) is 12.8 Å². The Labute approximate surface area is 112 Å². The molecule has 0 aromatic heterocycles. The molecule has 0 aliphatic heterocycles. The van der Waals surface area contributed by atoms with Gasteiger partial charge in [0.25, 0.3) is 5.91 Å². The molecule has 1 aromatic rings. The van der Waals surface area contributed by atoms with Crippen LogP contribution in [0.15, 0.2) is 18.2 Å². The van der Waals surface area contributed by atoms with Crippen molar-refractivity contribution in [1.82, 2.24) is 5.32 Å². The maximum atomic E-state index is 12.2. The van der Waals surface area contributed by atoms with Crippen LogP contribution in [0.5, 0.6) is 11.5 Å². The largest absolute Gasteiger partial charge is 0.507 e. The van der Waals surface area contributed by atoms with Gasteiger partial charge in [-0.25, -0.2) is 0 Å². The fourth-order valence-corrected chi connectivity index (χ4v) is 2.51. The van der Waals surface area contributed by atoms with Crippen molar-refractivity contribution < 1.29 is 19.7 Å². The zero-order chi connectivity index (χ0) is 13.9. The summed E-state index contributed by atoms with van der Waals surface area (Å²) in [7, 11) is 1.50. The highest BCUT2D eigenvalue weighted by Gasteiger charge is 2.35. The van der Waals surface area contributed by atoms with Crippen LogP contribution in [0.4, 0.5) is 0 Å². The second kappa shape index (κ2) is 5.48. The summed E-state index contributed by atoms with van der Waals surface area (Å²) in [6.45, 7) is -0.0799. The van der Waals surface area contributed by atoms with E-state index in [0.29, 0.717) is 5.75 Å². The Morgan fingerprint density at radius 1 is 1.42 bits per heavy atom.